The standard InChI is InChI=1S/C3H5BO3/c5-3-1-2-4(6)7/h1-3,6-7H/b2-1+. The molecule has 0 aromatic rings. The fourth-order valence-corrected chi connectivity index (χ4v) is 0.145. The molecular weight excluding hydrogens is 94.8 g/mol. The molecule has 0 radical (unpaired) electrons. The first-order valence-corrected chi connectivity index (χ1v) is 1.75. The molecule has 0 heterocycles. The Morgan fingerprint density at radius 2 is 2.00 bits per heavy atom. The van der Waals surface area contributed by atoms with E-state index >= 15 is 0 Å². The molecule has 3 nitrogen and oxygen atoms in total. The van der Waals surface area contributed by atoms with Gasteiger partial charge < -0.3 is 10.0 Å². The summed E-state index contributed by atoms with van der Waals surface area (Å²) in [6.07, 6.45) is 1.49. The van der Waals surface area contributed by atoms with Crippen LogP contribution in [-0.4, -0.2) is 23.5 Å². The number of carbonyl (C=O) groups excluding carboxylic acids is 1. The molecule has 0 spiro atoms. The van der Waals surface area contributed by atoms with Crippen LogP contribution >= 0.6 is 0 Å². The second-order valence-corrected chi connectivity index (χ2v) is 0.935. The number of hydrogen-bond acceptors (Lipinski definition) is 3. The highest BCUT2D eigenvalue weighted by atomic mass is 16.4. The lowest BCUT2D eigenvalue weighted by molar-refractivity contribution is -0.104. The number of allylic oxidation sites excluding steroid dienone is 1. The fraction of sp³-hybridized carbons (Fsp3) is 0. The summed E-state index contributed by atoms with van der Waals surface area (Å²) in [5.74, 6) is 0.965. The Morgan fingerprint density at radius 1 is 1.43 bits per heavy atom. The summed E-state index contributed by atoms with van der Waals surface area (Å²) in [6.45, 7) is 0. The van der Waals surface area contributed by atoms with Crippen LogP contribution < -0.4 is 0 Å². The van der Waals surface area contributed by atoms with Gasteiger partial charge in [-0.1, -0.05) is 5.98 Å². The first-order valence-electron chi connectivity index (χ1n) is 1.75. The number of carbonyl (C=O) groups is 1. The second-order valence-electron chi connectivity index (χ2n) is 0.935. The van der Waals surface area contributed by atoms with Crippen molar-refractivity contribution in [1.82, 2.24) is 0 Å². The maximum Gasteiger partial charge on any atom is 0.480 e. The van der Waals surface area contributed by atoms with Crippen LogP contribution in [0.1, 0.15) is 0 Å². The van der Waals surface area contributed by atoms with E-state index in [2.05, 4.69) is 0 Å². The predicted octanol–water partition coefficient (Wildman–Crippen LogP) is -1.25. The Bertz CT molecular complexity index is 78.2. The Labute approximate surface area is 41.4 Å². The number of hydrogen-bond donors (Lipinski definition) is 2. The second kappa shape index (κ2) is 3.58. The zero-order valence-corrected chi connectivity index (χ0v) is 3.61. The van der Waals surface area contributed by atoms with Crippen molar-refractivity contribution in [3.8, 4) is 0 Å². The Balaban J connectivity index is 3.25. The first kappa shape index (κ1) is 6.39. The maximum absolute atomic E-state index is 9.40. The summed E-state index contributed by atoms with van der Waals surface area (Å²) in [4.78, 5) is 9.40. The zero-order valence-electron chi connectivity index (χ0n) is 3.61. The van der Waals surface area contributed by atoms with Gasteiger partial charge in [-0.15, -0.1) is 0 Å². The van der Waals surface area contributed by atoms with E-state index in [1.54, 1.807) is 0 Å². The summed E-state index contributed by atoms with van der Waals surface area (Å²) in [7, 11) is -1.51. The van der Waals surface area contributed by atoms with E-state index in [1.165, 1.54) is 0 Å². The molecule has 0 fully saturated rings. The van der Waals surface area contributed by atoms with Crippen molar-refractivity contribution in [1.29, 1.82) is 0 Å². The van der Waals surface area contributed by atoms with Crippen molar-refractivity contribution in [3.05, 3.63) is 12.1 Å². The van der Waals surface area contributed by atoms with Gasteiger partial charge in [0.1, 0.15) is 6.29 Å². The van der Waals surface area contributed by atoms with Crippen LogP contribution in [0.5, 0.6) is 0 Å². The SMILES string of the molecule is O=C/C=C/B(O)O. The zero-order chi connectivity index (χ0) is 5.70. The predicted molar refractivity (Wildman–Crippen MR) is 25.4 cm³/mol. The summed E-state index contributed by atoms with van der Waals surface area (Å²) < 4.78 is 0. The smallest absolute Gasteiger partial charge is 0.424 e. The molecule has 0 unspecified atom stereocenters. The van der Waals surface area contributed by atoms with E-state index in [-0.39, 0.29) is 0 Å². The van der Waals surface area contributed by atoms with Crippen molar-refractivity contribution in [3.63, 3.8) is 0 Å². The van der Waals surface area contributed by atoms with E-state index < -0.39 is 7.12 Å². The third-order valence-electron chi connectivity index (χ3n) is 0.362. The average Bonchev–Trinajstić information content (AvgIpc) is 1.61. The molecule has 0 amide bonds. The monoisotopic (exact) mass is 100 g/mol. The first-order chi connectivity index (χ1) is 3.27. The van der Waals surface area contributed by atoms with E-state index in [9.17, 15) is 4.79 Å². The third kappa shape index (κ3) is 5.39. The molecule has 0 aromatic carbocycles. The molecule has 0 aromatic heterocycles. The van der Waals surface area contributed by atoms with E-state index in [4.69, 9.17) is 10.0 Å². The average molecular weight is 99.9 g/mol. The third-order valence-corrected chi connectivity index (χ3v) is 0.362. The van der Waals surface area contributed by atoms with Gasteiger partial charge in [-0.2, -0.15) is 0 Å². The van der Waals surface area contributed by atoms with Crippen molar-refractivity contribution in [2.24, 2.45) is 0 Å². The van der Waals surface area contributed by atoms with Crippen LogP contribution in [0.25, 0.3) is 0 Å². The highest BCUT2D eigenvalue weighted by Crippen LogP contribution is 1.67. The lowest BCUT2D eigenvalue weighted by Gasteiger charge is -1.78. The van der Waals surface area contributed by atoms with Gasteiger partial charge in [-0.25, -0.2) is 0 Å². The normalized spacial score (nSPS) is 9.43. The molecule has 0 aliphatic carbocycles. The molecule has 0 rings (SSSR count). The van der Waals surface area contributed by atoms with Gasteiger partial charge in [0.15, 0.2) is 0 Å². The Hall–Kier alpha value is -0.605. The van der Waals surface area contributed by atoms with E-state index in [0.29, 0.717) is 6.29 Å². The minimum atomic E-state index is -1.51. The van der Waals surface area contributed by atoms with Crippen LogP contribution in [0, 0.1) is 0 Å². The molecule has 38 valence electrons. The minimum absolute atomic E-state index is 0.472. The van der Waals surface area contributed by atoms with Crippen LogP contribution in [0.4, 0.5) is 0 Å². The van der Waals surface area contributed by atoms with Gasteiger partial charge >= 0.3 is 7.12 Å². The van der Waals surface area contributed by atoms with Gasteiger partial charge in [0.25, 0.3) is 0 Å². The number of aldehydes is 1. The highest BCUT2D eigenvalue weighted by molar-refractivity contribution is 6.47. The molecule has 0 bridgehead atoms. The van der Waals surface area contributed by atoms with E-state index in [1.807, 2.05) is 0 Å². The van der Waals surface area contributed by atoms with Crippen LogP contribution in [0.15, 0.2) is 12.1 Å². The topological polar surface area (TPSA) is 57.5 Å². The molecule has 0 atom stereocenters. The summed E-state index contributed by atoms with van der Waals surface area (Å²) in [5.41, 5.74) is 0. The van der Waals surface area contributed by atoms with Crippen LogP contribution in [0.3, 0.4) is 0 Å². The maximum atomic E-state index is 9.40. The van der Waals surface area contributed by atoms with Crippen LogP contribution in [0.2, 0.25) is 0 Å². The highest BCUT2D eigenvalue weighted by Gasteiger charge is 1.94. The summed E-state index contributed by atoms with van der Waals surface area (Å²) >= 11 is 0. The number of rotatable bonds is 2. The summed E-state index contributed by atoms with van der Waals surface area (Å²) in [6, 6.07) is 0. The molecule has 0 saturated heterocycles. The molecular formula is C3H5BO3. The van der Waals surface area contributed by atoms with E-state index in [0.717, 1.165) is 12.1 Å². The quantitative estimate of drug-likeness (QED) is 0.259. The van der Waals surface area contributed by atoms with Crippen molar-refractivity contribution < 1.29 is 14.8 Å². The lowest BCUT2D eigenvalue weighted by Crippen LogP contribution is -2.05. The largest absolute Gasteiger partial charge is 0.480 e. The van der Waals surface area contributed by atoms with Gasteiger partial charge in [0.2, 0.25) is 0 Å². The molecule has 0 aliphatic rings. The molecule has 4 heteroatoms. The van der Waals surface area contributed by atoms with Crippen molar-refractivity contribution in [2.45, 2.75) is 0 Å². The fourth-order valence-electron chi connectivity index (χ4n) is 0.145. The van der Waals surface area contributed by atoms with Gasteiger partial charge in [0.05, 0.1) is 0 Å². The van der Waals surface area contributed by atoms with Crippen molar-refractivity contribution >= 4 is 13.4 Å². The Kier molecular flexibility index (Phi) is 3.27. The van der Waals surface area contributed by atoms with Gasteiger partial charge in [-0.05, 0) is 6.08 Å². The van der Waals surface area contributed by atoms with Gasteiger partial charge in [0, 0.05) is 0 Å². The lowest BCUT2D eigenvalue weighted by atomic mass is 9.92. The van der Waals surface area contributed by atoms with Crippen LogP contribution in [-0.2, 0) is 4.79 Å². The van der Waals surface area contributed by atoms with Gasteiger partial charge in [-0.3, -0.25) is 4.79 Å². The molecule has 0 saturated carbocycles. The molecule has 7 heavy (non-hydrogen) atoms. The molecule has 0 aliphatic heterocycles. The molecule has 2 N–H and O–H groups in total. The van der Waals surface area contributed by atoms with Crippen molar-refractivity contribution in [2.75, 3.05) is 0 Å². The minimum Gasteiger partial charge on any atom is -0.424 e. The Morgan fingerprint density at radius 3 is 2.14 bits per heavy atom. The summed E-state index contributed by atoms with van der Waals surface area (Å²) in [5, 5.41) is 16.0.